The highest BCUT2D eigenvalue weighted by Crippen LogP contribution is 2.24. The van der Waals surface area contributed by atoms with Gasteiger partial charge in [-0.15, -0.1) is 0 Å². The van der Waals surface area contributed by atoms with Crippen LogP contribution in [0.5, 0.6) is 0 Å². The molecule has 0 spiro atoms. The van der Waals surface area contributed by atoms with Gasteiger partial charge in [0.15, 0.2) is 9.84 Å². The molecule has 1 saturated heterocycles. The molecule has 0 aliphatic carbocycles. The Morgan fingerprint density at radius 3 is 2.53 bits per heavy atom. The summed E-state index contributed by atoms with van der Waals surface area (Å²) in [6, 6.07) is 0. The summed E-state index contributed by atoms with van der Waals surface area (Å²) in [4.78, 5) is 0. The van der Waals surface area contributed by atoms with Gasteiger partial charge in [-0.2, -0.15) is 28.8 Å². The second-order valence-corrected chi connectivity index (χ2v) is 9.72. The van der Waals surface area contributed by atoms with E-state index in [1.807, 2.05) is 0 Å². The van der Waals surface area contributed by atoms with Crippen LogP contribution in [0.2, 0.25) is 0 Å². The van der Waals surface area contributed by atoms with Crippen LogP contribution in [0.15, 0.2) is 0 Å². The van der Waals surface area contributed by atoms with E-state index >= 15 is 0 Å². The van der Waals surface area contributed by atoms with Crippen molar-refractivity contribution in [2.24, 2.45) is 0 Å². The lowest BCUT2D eigenvalue weighted by Crippen LogP contribution is -2.54. The molecule has 1 aliphatic rings. The molecule has 1 aliphatic heterocycles. The Kier molecular flexibility index (Phi) is 6.08. The third-order valence-electron chi connectivity index (χ3n) is 2.85. The highest BCUT2D eigenvalue weighted by molar-refractivity contribution is 8.01. The molecule has 0 bridgehead atoms. The molecule has 0 amide bonds. The summed E-state index contributed by atoms with van der Waals surface area (Å²) in [5.74, 6) is 0.838. The molecule has 0 saturated carbocycles. The van der Waals surface area contributed by atoms with Gasteiger partial charge in [-0.05, 0) is 6.42 Å². The number of aliphatic hydroxyl groups is 1. The summed E-state index contributed by atoms with van der Waals surface area (Å²) < 4.78 is 50.2. The number of thioether (sulfide) groups is 1. The van der Waals surface area contributed by atoms with Crippen LogP contribution in [0, 0.1) is 0 Å². The Morgan fingerprint density at radius 1 is 1.37 bits per heavy atom. The number of aliphatic hydroxyl groups excluding tert-OH is 1. The first-order valence-corrected chi connectivity index (χ1v) is 10.3. The number of rotatable bonds is 6. The van der Waals surface area contributed by atoms with E-state index in [9.17, 15) is 16.8 Å². The van der Waals surface area contributed by atoms with Gasteiger partial charge < -0.3 is 5.11 Å². The lowest BCUT2D eigenvalue weighted by atomic mass is 10.5. The number of hydrogen-bond donors (Lipinski definition) is 1. The molecule has 1 fully saturated rings. The molecule has 19 heavy (non-hydrogen) atoms. The average Bonchev–Trinajstić information content (AvgIpc) is 2.34. The second-order valence-electron chi connectivity index (χ2n) is 4.38. The largest absolute Gasteiger partial charge is 0.396 e. The molecular weight excluding hydrogens is 312 g/mol. The first-order valence-electron chi connectivity index (χ1n) is 5.82. The van der Waals surface area contributed by atoms with Gasteiger partial charge in [0.05, 0.1) is 0 Å². The molecule has 7 nitrogen and oxygen atoms in total. The van der Waals surface area contributed by atoms with Crippen molar-refractivity contribution in [2.75, 3.05) is 44.5 Å². The maximum Gasteiger partial charge on any atom is 0.282 e. The molecule has 0 aromatic heterocycles. The Bertz CT molecular complexity index is 490. The van der Waals surface area contributed by atoms with E-state index in [2.05, 4.69) is 0 Å². The number of nitrogens with zero attached hydrogens (tertiary/aromatic N) is 2. The first-order chi connectivity index (χ1) is 8.71. The van der Waals surface area contributed by atoms with E-state index in [-0.39, 0.29) is 25.4 Å². The van der Waals surface area contributed by atoms with Gasteiger partial charge in [0.1, 0.15) is 5.37 Å². The highest BCUT2D eigenvalue weighted by atomic mass is 32.2. The van der Waals surface area contributed by atoms with E-state index < -0.39 is 25.4 Å². The Morgan fingerprint density at radius 2 is 2.00 bits per heavy atom. The predicted octanol–water partition coefficient (Wildman–Crippen LogP) is -1.04. The average molecular weight is 332 g/mol. The maximum absolute atomic E-state index is 12.3. The Hall–Kier alpha value is 0.130. The van der Waals surface area contributed by atoms with Gasteiger partial charge >= 0.3 is 0 Å². The van der Waals surface area contributed by atoms with Crippen LogP contribution in [-0.2, 0) is 20.0 Å². The molecule has 114 valence electrons. The van der Waals surface area contributed by atoms with Crippen LogP contribution in [0.3, 0.4) is 0 Å². The molecule has 1 N–H and O–H groups in total. The van der Waals surface area contributed by atoms with Crippen LogP contribution in [0.1, 0.15) is 6.42 Å². The summed E-state index contributed by atoms with van der Waals surface area (Å²) >= 11 is 1.44. The van der Waals surface area contributed by atoms with Crippen LogP contribution in [0.25, 0.3) is 0 Å². The normalized spacial score (nSPS) is 22.8. The summed E-state index contributed by atoms with van der Waals surface area (Å²) in [6.07, 6.45) is 1.38. The molecule has 10 heteroatoms. The van der Waals surface area contributed by atoms with Crippen molar-refractivity contribution < 1.29 is 21.9 Å². The minimum absolute atomic E-state index is 0.106. The van der Waals surface area contributed by atoms with Crippen molar-refractivity contribution in [3.63, 3.8) is 0 Å². The maximum atomic E-state index is 12.3. The van der Waals surface area contributed by atoms with Gasteiger partial charge in [0.2, 0.25) is 0 Å². The number of hydrogen-bond acceptors (Lipinski definition) is 6. The van der Waals surface area contributed by atoms with Gasteiger partial charge in [0, 0.05) is 44.5 Å². The minimum atomic E-state index is -3.80. The Balaban J connectivity index is 2.96. The highest BCUT2D eigenvalue weighted by Gasteiger charge is 2.40. The summed E-state index contributed by atoms with van der Waals surface area (Å²) in [7, 11) is -5.87. The van der Waals surface area contributed by atoms with Crippen molar-refractivity contribution in [2.45, 2.75) is 11.8 Å². The van der Waals surface area contributed by atoms with Crippen molar-refractivity contribution in [3.05, 3.63) is 0 Å². The van der Waals surface area contributed by atoms with Gasteiger partial charge in [-0.1, -0.05) is 0 Å². The lowest BCUT2D eigenvalue weighted by molar-refractivity contribution is 0.270. The van der Waals surface area contributed by atoms with Crippen LogP contribution < -0.4 is 0 Å². The van der Waals surface area contributed by atoms with Crippen molar-refractivity contribution in [1.82, 2.24) is 8.61 Å². The second kappa shape index (κ2) is 6.72. The molecule has 0 aromatic carbocycles. The third-order valence-corrected chi connectivity index (χ3v) is 7.63. The van der Waals surface area contributed by atoms with Crippen molar-refractivity contribution in [1.29, 1.82) is 0 Å². The minimum Gasteiger partial charge on any atom is -0.396 e. The summed E-state index contributed by atoms with van der Waals surface area (Å²) in [6.45, 7) is 0.248. The van der Waals surface area contributed by atoms with E-state index in [4.69, 9.17) is 5.11 Å². The zero-order valence-electron chi connectivity index (χ0n) is 11.0. The van der Waals surface area contributed by atoms with Crippen LogP contribution in [-0.4, -0.2) is 80.4 Å². The fraction of sp³-hybridized carbons (Fsp3) is 1.00. The predicted molar refractivity (Wildman–Crippen MR) is 75.9 cm³/mol. The first kappa shape index (κ1) is 17.2. The Labute approximate surface area is 119 Å². The molecule has 0 aromatic rings. The van der Waals surface area contributed by atoms with Gasteiger partial charge in [0.25, 0.3) is 10.2 Å². The zero-order valence-corrected chi connectivity index (χ0v) is 13.5. The fourth-order valence-corrected chi connectivity index (χ4v) is 6.86. The third kappa shape index (κ3) is 4.30. The zero-order chi connectivity index (χ0) is 14.7. The smallest absolute Gasteiger partial charge is 0.282 e. The standard InChI is InChI=1S/C9H20N2O5S3/c1-10(4-3-6-12)19(15,16)11-5-7-17-8-9(11)18(2,13)14/h9,12H,3-8H2,1-2H3. The van der Waals surface area contributed by atoms with Gasteiger partial charge in [-0.3, -0.25) is 0 Å². The summed E-state index contributed by atoms with van der Waals surface area (Å²) in [5, 5.41) is 7.73. The molecule has 1 rings (SSSR count). The van der Waals surface area contributed by atoms with Gasteiger partial charge in [-0.25, -0.2) is 8.42 Å². The fourth-order valence-electron chi connectivity index (χ4n) is 1.75. The van der Waals surface area contributed by atoms with Crippen molar-refractivity contribution >= 4 is 31.8 Å². The molecule has 1 unspecified atom stereocenters. The monoisotopic (exact) mass is 332 g/mol. The number of sulfone groups is 1. The van der Waals surface area contributed by atoms with E-state index in [1.165, 1.54) is 18.8 Å². The van der Waals surface area contributed by atoms with E-state index in [0.29, 0.717) is 12.2 Å². The quantitative estimate of drug-likeness (QED) is 0.668. The van der Waals surface area contributed by atoms with E-state index in [1.54, 1.807) is 0 Å². The van der Waals surface area contributed by atoms with Crippen molar-refractivity contribution in [3.8, 4) is 0 Å². The van der Waals surface area contributed by atoms with Crippen LogP contribution in [0.4, 0.5) is 0 Å². The lowest BCUT2D eigenvalue weighted by Gasteiger charge is -2.35. The molecule has 1 heterocycles. The topological polar surface area (TPSA) is 95.0 Å². The summed E-state index contributed by atoms with van der Waals surface area (Å²) in [5.41, 5.74) is 0. The molecule has 1 atom stereocenters. The molecular formula is C9H20N2O5S3. The van der Waals surface area contributed by atoms with E-state index in [0.717, 1.165) is 14.9 Å². The molecule has 0 radical (unpaired) electrons. The van der Waals surface area contributed by atoms with Crippen LogP contribution >= 0.6 is 11.8 Å². The SMILES string of the molecule is CN(CCCO)S(=O)(=O)N1CCSCC1S(C)(=O)=O.